The summed E-state index contributed by atoms with van der Waals surface area (Å²) in [5.41, 5.74) is 10.1. The quantitative estimate of drug-likeness (QED) is 0.191. The van der Waals surface area contributed by atoms with Crippen molar-refractivity contribution in [1.82, 2.24) is 0 Å². The molecule has 0 aliphatic heterocycles. The first-order chi connectivity index (χ1) is 22.0. The summed E-state index contributed by atoms with van der Waals surface area (Å²) in [5.74, 6) is 0. The summed E-state index contributed by atoms with van der Waals surface area (Å²) in [7, 11) is -2.92. The number of benzene rings is 3. The Bertz CT molecular complexity index is 1480. The van der Waals surface area contributed by atoms with E-state index < -0.39 is 8.07 Å². The second kappa shape index (κ2) is 12.5. The van der Waals surface area contributed by atoms with Crippen LogP contribution in [-0.2, 0) is 32.5 Å². The normalized spacial score (nSPS) is 15.4. The molecule has 3 aromatic carbocycles. The Morgan fingerprint density at radius 3 is 0.735 bits per heavy atom. The molecule has 0 spiro atoms. The van der Waals surface area contributed by atoms with Crippen molar-refractivity contribution in [1.29, 1.82) is 0 Å². The van der Waals surface area contributed by atoms with Gasteiger partial charge in [-0.15, -0.1) is 0 Å². The lowest BCUT2D eigenvalue weighted by Crippen LogP contribution is -2.69. The first kappa shape index (κ1) is 39.1. The van der Waals surface area contributed by atoms with E-state index in [-0.39, 0.29) is 32.5 Å². The second-order valence-corrected chi connectivity index (χ2v) is 25.2. The standard InChI is InChI=1S/C48H70Si/c1-32-21-20-22-42(32)49(39-26-33(43(2,3)4)23-34(27-39)44(5,6)7,40-28-35(45(8,9)10)24-36(29-40)46(11,12)13)41-30-37(47(14,15)16)25-38(31-41)48(17,18)19/h21-31H,20H2,1-19H3. The van der Waals surface area contributed by atoms with Gasteiger partial charge in [0, 0.05) is 0 Å². The summed E-state index contributed by atoms with van der Waals surface area (Å²) in [6.07, 6.45) is 6.08. The van der Waals surface area contributed by atoms with E-state index in [9.17, 15) is 0 Å². The van der Waals surface area contributed by atoms with Gasteiger partial charge in [-0.2, -0.15) is 0 Å². The number of hydrogen-bond donors (Lipinski definition) is 0. The van der Waals surface area contributed by atoms with E-state index in [0.717, 1.165) is 6.42 Å². The molecule has 0 atom stereocenters. The Balaban J connectivity index is 2.45. The van der Waals surface area contributed by atoms with Gasteiger partial charge in [0.15, 0.2) is 8.07 Å². The summed E-state index contributed by atoms with van der Waals surface area (Å²) >= 11 is 0. The largest absolute Gasteiger partial charge is 0.179 e. The number of rotatable bonds is 4. The van der Waals surface area contributed by atoms with Crippen molar-refractivity contribution in [3.8, 4) is 0 Å². The molecular weight excluding hydrogens is 605 g/mol. The van der Waals surface area contributed by atoms with Crippen LogP contribution in [0.4, 0.5) is 0 Å². The zero-order valence-electron chi connectivity index (χ0n) is 35.1. The first-order valence-electron chi connectivity index (χ1n) is 18.8. The number of allylic oxidation sites excluding steroid dienone is 4. The van der Waals surface area contributed by atoms with Crippen molar-refractivity contribution >= 4 is 23.6 Å². The molecule has 0 aromatic heterocycles. The van der Waals surface area contributed by atoms with E-state index >= 15 is 0 Å². The monoisotopic (exact) mass is 675 g/mol. The van der Waals surface area contributed by atoms with Crippen molar-refractivity contribution in [3.63, 3.8) is 0 Å². The molecule has 1 aliphatic carbocycles. The highest BCUT2D eigenvalue weighted by Crippen LogP contribution is 2.37. The van der Waals surface area contributed by atoms with Crippen LogP contribution >= 0.6 is 0 Å². The summed E-state index contributed by atoms with van der Waals surface area (Å²) in [4.78, 5) is 0. The molecular formula is C48H70Si. The SMILES string of the molecule is CC1=CCC=C1[Si](c1cc(C(C)(C)C)cc(C(C)(C)C)c1)(c1cc(C(C)(C)C)cc(C(C)(C)C)c1)c1cc(C(C)(C)C)cc(C(C)(C)C)c1. The minimum absolute atomic E-state index is 0.0126. The second-order valence-electron chi connectivity index (χ2n) is 21.4. The maximum absolute atomic E-state index is 2.92. The van der Waals surface area contributed by atoms with Gasteiger partial charge in [0.05, 0.1) is 0 Å². The van der Waals surface area contributed by atoms with Crippen LogP contribution in [0.25, 0.3) is 0 Å². The van der Waals surface area contributed by atoms with E-state index in [0.29, 0.717) is 0 Å². The maximum atomic E-state index is 2.63. The van der Waals surface area contributed by atoms with Gasteiger partial charge in [0.1, 0.15) is 0 Å². The number of hydrogen-bond acceptors (Lipinski definition) is 0. The van der Waals surface area contributed by atoms with Crippen LogP contribution in [0.15, 0.2) is 77.5 Å². The summed E-state index contributed by atoms with van der Waals surface area (Å²) in [5, 5.41) is 6.11. The van der Waals surface area contributed by atoms with E-state index in [1.807, 2.05) is 0 Å². The lowest BCUT2D eigenvalue weighted by molar-refractivity contribution is 0.569. The molecule has 266 valence electrons. The van der Waals surface area contributed by atoms with Crippen molar-refractivity contribution in [2.45, 2.75) is 170 Å². The maximum Gasteiger partial charge on any atom is 0.179 e. The van der Waals surface area contributed by atoms with Crippen molar-refractivity contribution in [2.75, 3.05) is 0 Å². The van der Waals surface area contributed by atoms with Crippen LogP contribution in [0.3, 0.4) is 0 Å². The molecule has 3 aromatic rings. The molecule has 0 N–H and O–H groups in total. The molecule has 0 saturated heterocycles. The lowest BCUT2D eigenvalue weighted by atomic mass is 9.80. The van der Waals surface area contributed by atoms with E-state index in [1.54, 1.807) is 5.20 Å². The predicted molar refractivity (Wildman–Crippen MR) is 223 cm³/mol. The molecule has 0 nitrogen and oxygen atoms in total. The van der Waals surface area contributed by atoms with E-state index in [4.69, 9.17) is 0 Å². The fourth-order valence-electron chi connectivity index (χ4n) is 7.17. The van der Waals surface area contributed by atoms with Crippen LogP contribution < -0.4 is 15.6 Å². The molecule has 0 heterocycles. The average Bonchev–Trinajstić information content (AvgIpc) is 3.36. The molecule has 0 saturated carbocycles. The third-order valence-corrected chi connectivity index (χ3v) is 15.7. The van der Waals surface area contributed by atoms with Crippen LogP contribution in [0.5, 0.6) is 0 Å². The third-order valence-electron chi connectivity index (χ3n) is 10.9. The minimum Gasteiger partial charge on any atom is -0.0801 e. The molecule has 1 aliphatic rings. The molecule has 4 rings (SSSR count). The summed E-state index contributed by atoms with van der Waals surface area (Å²) in [6.45, 7) is 45.3. The fraction of sp³-hybridized carbons (Fsp3) is 0.542. The molecule has 0 radical (unpaired) electrons. The van der Waals surface area contributed by atoms with Crippen LogP contribution in [0, 0.1) is 0 Å². The minimum atomic E-state index is -2.92. The van der Waals surface area contributed by atoms with Gasteiger partial charge in [0.2, 0.25) is 0 Å². The van der Waals surface area contributed by atoms with Crippen LogP contribution in [0.1, 0.15) is 171 Å². The van der Waals surface area contributed by atoms with Crippen LogP contribution in [-0.4, -0.2) is 8.07 Å². The smallest absolute Gasteiger partial charge is 0.0801 e. The first-order valence-corrected chi connectivity index (χ1v) is 20.8. The van der Waals surface area contributed by atoms with Crippen LogP contribution in [0.2, 0.25) is 0 Å². The molecule has 0 fully saturated rings. The zero-order valence-corrected chi connectivity index (χ0v) is 36.1. The summed E-state index contributed by atoms with van der Waals surface area (Å²) in [6, 6.07) is 23.3. The topological polar surface area (TPSA) is 0 Å². The molecule has 0 amide bonds. The highest BCUT2D eigenvalue weighted by atomic mass is 28.3. The van der Waals surface area contributed by atoms with Gasteiger partial charge in [-0.25, -0.2) is 0 Å². The van der Waals surface area contributed by atoms with Gasteiger partial charge in [-0.05, 0) is 100.0 Å². The van der Waals surface area contributed by atoms with Gasteiger partial charge in [-0.3, -0.25) is 0 Å². The molecule has 0 bridgehead atoms. The summed E-state index contributed by atoms with van der Waals surface area (Å²) < 4.78 is 0. The third kappa shape index (κ3) is 7.98. The Morgan fingerprint density at radius 1 is 0.347 bits per heavy atom. The van der Waals surface area contributed by atoms with Crippen molar-refractivity contribution in [3.05, 3.63) is 111 Å². The Kier molecular flexibility index (Phi) is 10.0. The van der Waals surface area contributed by atoms with E-state index in [2.05, 4.69) is 198 Å². The Morgan fingerprint density at radius 2 is 0.571 bits per heavy atom. The van der Waals surface area contributed by atoms with Gasteiger partial charge >= 0.3 is 0 Å². The zero-order chi connectivity index (χ0) is 37.3. The Hall–Kier alpha value is -2.64. The van der Waals surface area contributed by atoms with Gasteiger partial charge < -0.3 is 0 Å². The lowest BCUT2D eigenvalue weighted by Gasteiger charge is -2.41. The van der Waals surface area contributed by atoms with Gasteiger partial charge in [0.25, 0.3) is 0 Å². The highest BCUT2D eigenvalue weighted by Gasteiger charge is 2.47. The van der Waals surface area contributed by atoms with Gasteiger partial charge in [-0.1, -0.05) is 197 Å². The molecule has 1 heteroatoms. The predicted octanol–water partition coefficient (Wildman–Crippen LogP) is 11.8. The highest BCUT2D eigenvalue weighted by molar-refractivity contribution is 7.16. The molecule has 49 heavy (non-hydrogen) atoms. The van der Waals surface area contributed by atoms with E-state index in [1.165, 1.54) is 54.5 Å². The molecule has 0 unspecified atom stereocenters. The average molecular weight is 675 g/mol. The fourth-order valence-corrected chi connectivity index (χ4v) is 12.5. The van der Waals surface area contributed by atoms with Crippen molar-refractivity contribution in [2.24, 2.45) is 0 Å². The Labute approximate surface area is 303 Å². The van der Waals surface area contributed by atoms with Crippen molar-refractivity contribution < 1.29 is 0 Å².